The van der Waals surface area contributed by atoms with Crippen molar-refractivity contribution in [1.29, 1.82) is 0 Å². The van der Waals surface area contributed by atoms with Gasteiger partial charge in [0.2, 0.25) is 0 Å². The maximum absolute atomic E-state index is 10.8. The van der Waals surface area contributed by atoms with Gasteiger partial charge in [-0.2, -0.15) is 0 Å². The molecule has 0 saturated heterocycles. The smallest absolute Gasteiger partial charge is 0.408 e. The summed E-state index contributed by atoms with van der Waals surface area (Å²) in [4.78, 5) is 13.4. The SMILES string of the molecule is Cc1ccc2oc(=O)[nH]c2c1Br. The molecule has 4 heteroatoms. The minimum atomic E-state index is -0.420. The standard InChI is InChI=1S/C8H6BrNO2/c1-4-2-3-5-7(6(4)9)10-8(11)12-5/h2-3H,1H3,(H,10,11). The van der Waals surface area contributed by atoms with Crippen LogP contribution >= 0.6 is 15.9 Å². The van der Waals surface area contributed by atoms with Gasteiger partial charge >= 0.3 is 5.76 Å². The number of hydrogen-bond donors (Lipinski definition) is 1. The Morgan fingerprint density at radius 3 is 3.00 bits per heavy atom. The van der Waals surface area contributed by atoms with E-state index in [-0.39, 0.29) is 0 Å². The molecule has 0 aliphatic heterocycles. The molecule has 0 atom stereocenters. The molecule has 1 aromatic carbocycles. The summed E-state index contributed by atoms with van der Waals surface area (Å²) in [5.41, 5.74) is 2.37. The van der Waals surface area contributed by atoms with Gasteiger partial charge in [-0.15, -0.1) is 0 Å². The molecule has 62 valence electrons. The molecule has 0 amide bonds. The fraction of sp³-hybridized carbons (Fsp3) is 0.125. The number of rotatable bonds is 0. The molecular formula is C8H6BrNO2. The highest BCUT2D eigenvalue weighted by Crippen LogP contribution is 2.24. The van der Waals surface area contributed by atoms with Crippen molar-refractivity contribution >= 4 is 27.0 Å². The molecule has 2 aromatic rings. The molecular weight excluding hydrogens is 222 g/mol. The van der Waals surface area contributed by atoms with Crippen LogP contribution in [-0.2, 0) is 0 Å². The average Bonchev–Trinajstić information content (AvgIpc) is 2.39. The summed E-state index contributed by atoms with van der Waals surface area (Å²) in [7, 11) is 0. The number of oxazole rings is 1. The Labute approximate surface area is 76.5 Å². The number of aryl methyl sites for hydroxylation is 1. The zero-order chi connectivity index (χ0) is 8.72. The van der Waals surface area contributed by atoms with Crippen LogP contribution in [0.2, 0.25) is 0 Å². The first-order chi connectivity index (χ1) is 5.68. The lowest BCUT2D eigenvalue weighted by atomic mass is 10.2. The summed E-state index contributed by atoms with van der Waals surface area (Å²) in [6, 6.07) is 3.66. The second-order valence-electron chi connectivity index (χ2n) is 2.58. The van der Waals surface area contributed by atoms with Crippen molar-refractivity contribution in [3.05, 3.63) is 32.7 Å². The van der Waals surface area contributed by atoms with Crippen LogP contribution in [0.1, 0.15) is 5.56 Å². The number of fused-ring (bicyclic) bond motifs is 1. The predicted molar refractivity (Wildman–Crippen MR) is 49.3 cm³/mol. The van der Waals surface area contributed by atoms with Crippen LogP contribution in [0.15, 0.2) is 25.8 Å². The molecule has 1 N–H and O–H groups in total. The van der Waals surface area contributed by atoms with E-state index in [0.717, 1.165) is 15.6 Å². The van der Waals surface area contributed by atoms with Crippen LogP contribution in [0.4, 0.5) is 0 Å². The van der Waals surface area contributed by atoms with E-state index in [1.54, 1.807) is 6.07 Å². The van der Waals surface area contributed by atoms with E-state index in [1.807, 2.05) is 13.0 Å². The first kappa shape index (κ1) is 7.61. The number of benzene rings is 1. The molecule has 0 radical (unpaired) electrons. The van der Waals surface area contributed by atoms with Gasteiger partial charge in [0.1, 0.15) is 5.52 Å². The third kappa shape index (κ3) is 0.992. The van der Waals surface area contributed by atoms with E-state index in [2.05, 4.69) is 20.9 Å². The lowest BCUT2D eigenvalue weighted by Crippen LogP contribution is -1.93. The van der Waals surface area contributed by atoms with Crippen LogP contribution in [0.5, 0.6) is 0 Å². The van der Waals surface area contributed by atoms with Gasteiger partial charge < -0.3 is 4.42 Å². The Hall–Kier alpha value is -1.03. The molecule has 1 heterocycles. The summed E-state index contributed by atoms with van der Waals surface area (Å²) >= 11 is 3.36. The summed E-state index contributed by atoms with van der Waals surface area (Å²) in [6.07, 6.45) is 0. The Morgan fingerprint density at radius 1 is 1.50 bits per heavy atom. The van der Waals surface area contributed by atoms with Crippen molar-refractivity contribution in [3.63, 3.8) is 0 Å². The van der Waals surface area contributed by atoms with E-state index in [9.17, 15) is 4.79 Å². The van der Waals surface area contributed by atoms with Crippen molar-refractivity contribution < 1.29 is 4.42 Å². The number of hydrogen-bond acceptors (Lipinski definition) is 2. The lowest BCUT2D eigenvalue weighted by Gasteiger charge is -1.95. The second kappa shape index (κ2) is 2.48. The van der Waals surface area contributed by atoms with E-state index in [1.165, 1.54) is 0 Å². The molecule has 0 bridgehead atoms. The molecule has 2 rings (SSSR count). The number of nitrogens with one attached hydrogen (secondary N) is 1. The van der Waals surface area contributed by atoms with Gasteiger partial charge in [0.25, 0.3) is 0 Å². The lowest BCUT2D eigenvalue weighted by molar-refractivity contribution is 0.555. The zero-order valence-corrected chi connectivity index (χ0v) is 7.94. The number of aromatic amines is 1. The number of H-pyrrole nitrogens is 1. The normalized spacial score (nSPS) is 10.8. The van der Waals surface area contributed by atoms with Crippen molar-refractivity contribution in [3.8, 4) is 0 Å². The van der Waals surface area contributed by atoms with Crippen LogP contribution in [-0.4, -0.2) is 4.98 Å². The third-order valence-corrected chi connectivity index (χ3v) is 2.75. The molecule has 0 fully saturated rings. The van der Waals surface area contributed by atoms with Gasteiger partial charge in [-0.05, 0) is 34.5 Å². The highest BCUT2D eigenvalue weighted by atomic mass is 79.9. The monoisotopic (exact) mass is 227 g/mol. The Balaban J connectivity index is 2.99. The largest absolute Gasteiger partial charge is 0.417 e. The maximum atomic E-state index is 10.8. The van der Waals surface area contributed by atoms with Gasteiger partial charge in [0.15, 0.2) is 5.58 Å². The quantitative estimate of drug-likeness (QED) is 0.751. The van der Waals surface area contributed by atoms with Gasteiger partial charge in [0, 0.05) is 4.47 Å². The highest BCUT2D eigenvalue weighted by Gasteiger charge is 2.05. The van der Waals surface area contributed by atoms with Crippen molar-refractivity contribution in [2.75, 3.05) is 0 Å². The molecule has 0 saturated carbocycles. The van der Waals surface area contributed by atoms with Crippen molar-refractivity contribution in [2.45, 2.75) is 6.92 Å². The molecule has 12 heavy (non-hydrogen) atoms. The second-order valence-corrected chi connectivity index (χ2v) is 3.38. The third-order valence-electron chi connectivity index (χ3n) is 1.73. The molecule has 0 aliphatic rings. The Kier molecular flexibility index (Phi) is 1.58. The van der Waals surface area contributed by atoms with Crippen molar-refractivity contribution in [2.24, 2.45) is 0 Å². The first-order valence-corrected chi connectivity index (χ1v) is 4.26. The minimum Gasteiger partial charge on any atom is -0.408 e. The topological polar surface area (TPSA) is 46.0 Å². The summed E-state index contributed by atoms with van der Waals surface area (Å²) < 4.78 is 5.74. The Morgan fingerprint density at radius 2 is 2.25 bits per heavy atom. The van der Waals surface area contributed by atoms with Gasteiger partial charge in [-0.25, -0.2) is 4.79 Å². The Bertz CT molecular complexity index is 483. The fourth-order valence-corrected chi connectivity index (χ4v) is 1.52. The number of aromatic nitrogens is 1. The van der Waals surface area contributed by atoms with E-state index in [0.29, 0.717) is 5.58 Å². The van der Waals surface area contributed by atoms with E-state index < -0.39 is 5.76 Å². The molecule has 0 spiro atoms. The zero-order valence-electron chi connectivity index (χ0n) is 6.35. The molecule has 0 unspecified atom stereocenters. The van der Waals surface area contributed by atoms with Gasteiger partial charge in [-0.1, -0.05) is 6.07 Å². The maximum Gasteiger partial charge on any atom is 0.417 e. The predicted octanol–water partition coefficient (Wildman–Crippen LogP) is 2.19. The van der Waals surface area contributed by atoms with E-state index >= 15 is 0 Å². The molecule has 3 nitrogen and oxygen atoms in total. The van der Waals surface area contributed by atoms with E-state index in [4.69, 9.17) is 4.42 Å². The summed E-state index contributed by atoms with van der Waals surface area (Å²) in [5.74, 6) is -0.420. The van der Waals surface area contributed by atoms with Gasteiger partial charge in [0.05, 0.1) is 0 Å². The molecule has 0 aliphatic carbocycles. The van der Waals surface area contributed by atoms with Crippen LogP contribution in [0.25, 0.3) is 11.1 Å². The minimum absolute atomic E-state index is 0.420. The van der Waals surface area contributed by atoms with Crippen LogP contribution in [0.3, 0.4) is 0 Å². The first-order valence-electron chi connectivity index (χ1n) is 3.46. The highest BCUT2D eigenvalue weighted by molar-refractivity contribution is 9.10. The van der Waals surface area contributed by atoms with Crippen LogP contribution < -0.4 is 5.76 Å². The van der Waals surface area contributed by atoms with Crippen molar-refractivity contribution in [1.82, 2.24) is 4.98 Å². The average molecular weight is 228 g/mol. The summed E-state index contributed by atoms with van der Waals surface area (Å²) in [5, 5.41) is 0. The van der Waals surface area contributed by atoms with Crippen LogP contribution in [0, 0.1) is 6.92 Å². The summed E-state index contributed by atoms with van der Waals surface area (Å²) in [6.45, 7) is 1.95. The van der Waals surface area contributed by atoms with Gasteiger partial charge in [-0.3, -0.25) is 4.98 Å². The number of halogens is 1. The molecule has 1 aromatic heterocycles. The fourth-order valence-electron chi connectivity index (χ4n) is 1.09.